The van der Waals surface area contributed by atoms with Crippen LogP contribution < -0.4 is 15.3 Å². The number of aromatic nitrogens is 6. The summed E-state index contributed by atoms with van der Waals surface area (Å²) < 4.78 is 60.8. The number of hydrogen-bond acceptors (Lipinski definition) is 10. The maximum absolute atomic E-state index is 16.4. The molecule has 0 spiro atoms. The number of fused-ring (bicyclic) bond motifs is 2. The molecule has 18 heteroatoms. The highest BCUT2D eigenvalue weighted by Crippen LogP contribution is 2.47. The maximum atomic E-state index is 16.4. The number of anilines is 2. The lowest BCUT2D eigenvalue weighted by atomic mass is 9.77. The molecule has 7 heterocycles. The molecular formula is C76H68BBr2F2IN8O4. The van der Waals surface area contributed by atoms with Crippen LogP contribution in [0.2, 0.25) is 0 Å². The van der Waals surface area contributed by atoms with Gasteiger partial charge in [-0.1, -0.05) is 214 Å². The summed E-state index contributed by atoms with van der Waals surface area (Å²) in [5, 5.41) is 11.8. The monoisotopic (exact) mass is 1490 g/mol. The SMILES string of the molecule is CC1(C)OB(c2ccnc(N3CCOCC3)c2)OC1(C)C.Fc1cc(Br)cc2c(-c3ccnc(N4CCOCC4)c3)nn(C(c3ccccc3)(c3ccccc3)c3ccccc3)c12.Fc1cc(Br)cc2c(I)nn(C(c3ccccc3)(c3ccccc3)c3ccccc3)c12. The van der Waals surface area contributed by atoms with Crippen LogP contribution in [0.4, 0.5) is 20.4 Å². The zero-order valence-corrected chi connectivity index (χ0v) is 57.8. The zero-order valence-electron chi connectivity index (χ0n) is 52.4. The number of halogens is 5. The molecule has 12 aromatic rings. The fourth-order valence-corrected chi connectivity index (χ4v) is 14.3. The molecule has 0 bridgehead atoms. The summed E-state index contributed by atoms with van der Waals surface area (Å²) in [6, 6.07) is 76.1. The molecule has 3 aliphatic rings. The smallest absolute Gasteiger partial charge is 0.399 e. The predicted molar refractivity (Wildman–Crippen MR) is 386 cm³/mol. The summed E-state index contributed by atoms with van der Waals surface area (Å²) >= 11 is 9.17. The third-order valence-electron chi connectivity index (χ3n) is 18.1. The minimum Gasteiger partial charge on any atom is -0.399 e. The van der Waals surface area contributed by atoms with Gasteiger partial charge in [0.05, 0.1) is 37.6 Å². The van der Waals surface area contributed by atoms with Crippen LogP contribution >= 0.6 is 54.5 Å². The number of benzene rings is 8. The summed E-state index contributed by atoms with van der Waals surface area (Å²) in [6.07, 6.45) is 3.63. The van der Waals surface area contributed by atoms with E-state index in [1.165, 1.54) is 12.1 Å². The van der Waals surface area contributed by atoms with Crippen molar-refractivity contribution in [3.05, 3.63) is 301 Å². The van der Waals surface area contributed by atoms with E-state index in [2.05, 4.69) is 181 Å². The molecule has 0 unspecified atom stereocenters. The minimum atomic E-state index is -0.963. The molecule has 0 atom stereocenters. The summed E-state index contributed by atoms with van der Waals surface area (Å²) in [5.74, 6) is 1.15. The fourth-order valence-electron chi connectivity index (χ4n) is 12.9. The third-order valence-corrected chi connectivity index (χ3v) is 19.8. The average molecular weight is 1490 g/mol. The number of ether oxygens (including phenoxy) is 2. The molecule has 474 valence electrons. The Morgan fingerprint density at radius 1 is 0.447 bits per heavy atom. The van der Waals surface area contributed by atoms with Gasteiger partial charge in [0.1, 0.15) is 54.8 Å². The second kappa shape index (κ2) is 27.8. The fraction of sp³-hybridized carbons (Fsp3) is 0.211. The quantitative estimate of drug-likeness (QED) is 0.0667. The molecule has 4 aromatic heterocycles. The molecule has 0 saturated carbocycles. The lowest BCUT2D eigenvalue weighted by Gasteiger charge is -2.37. The maximum Gasteiger partial charge on any atom is 0.495 e. The highest BCUT2D eigenvalue weighted by molar-refractivity contribution is 14.1. The van der Waals surface area contributed by atoms with Crippen LogP contribution in [0.5, 0.6) is 0 Å². The highest BCUT2D eigenvalue weighted by Gasteiger charge is 2.52. The number of hydrogen-bond donors (Lipinski definition) is 0. The van der Waals surface area contributed by atoms with Gasteiger partial charge in [0, 0.05) is 63.9 Å². The molecule has 8 aromatic carbocycles. The topological polar surface area (TPSA) is 105 Å². The van der Waals surface area contributed by atoms with Gasteiger partial charge in [-0.3, -0.25) is 0 Å². The molecule has 0 amide bonds. The normalized spacial score (nSPS) is 15.5. The van der Waals surface area contributed by atoms with E-state index >= 15 is 8.78 Å². The first-order valence-electron chi connectivity index (χ1n) is 31.4. The Bertz CT molecular complexity index is 4360. The molecular weight excluding hydrogens is 1420 g/mol. The summed E-state index contributed by atoms with van der Waals surface area (Å²) in [7, 11) is -0.335. The van der Waals surface area contributed by atoms with Gasteiger partial charge in [0.25, 0.3) is 0 Å². The first-order valence-corrected chi connectivity index (χ1v) is 34.0. The van der Waals surface area contributed by atoms with Crippen LogP contribution in [0.15, 0.2) is 252 Å². The molecule has 0 radical (unpaired) electrons. The molecule has 0 N–H and O–H groups in total. The molecule has 12 nitrogen and oxygen atoms in total. The highest BCUT2D eigenvalue weighted by atomic mass is 127. The van der Waals surface area contributed by atoms with E-state index in [9.17, 15) is 0 Å². The molecule has 15 rings (SSSR count). The molecule has 3 saturated heterocycles. The lowest BCUT2D eigenvalue weighted by molar-refractivity contribution is 0.00578. The van der Waals surface area contributed by atoms with Crippen molar-refractivity contribution >= 4 is 100 Å². The van der Waals surface area contributed by atoms with Gasteiger partial charge in [-0.25, -0.2) is 28.1 Å². The van der Waals surface area contributed by atoms with Crippen molar-refractivity contribution in [3.8, 4) is 11.3 Å². The second-order valence-corrected chi connectivity index (χ2v) is 27.1. The van der Waals surface area contributed by atoms with E-state index in [1.807, 2.05) is 155 Å². The molecule has 3 aliphatic heterocycles. The number of rotatable bonds is 12. The van der Waals surface area contributed by atoms with Gasteiger partial charge in [0.2, 0.25) is 0 Å². The van der Waals surface area contributed by atoms with Crippen LogP contribution in [-0.2, 0) is 29.9 Å². The first-order chi connectivity index (χ1) is 45.7. The number of pyridine rings is 2. The van der Waals surface area contributed by atoms with Gasteiger partial charge in [-0.05, 0) is 138 Å². The Kier molecular flexibility index (Phi) is 19.1. The number of nitrogens with zero attached hydrogens (tertiary/aromatic N) is 8. The standard InChI is InChI=1S/C35H28BrFN4O.C26H17BrFIN2.C15H23BN2O3/c36-29-23-30-33(25-16-17-38-32(22-25)40-18-20-42-21-19-40)39-41(34(30)31(37)24-29)35(26-10-4-1-5-11-26,27-12-6-2-7-13-27)28-14-8-3-9-15-28;27-21-16-22-24(23(28)17-21)31(30-25(22)29)26(18-10-4-1-5-11-18,19-12-6-2-7-13-19)20-14-8-3-9-15-20;1-14(2)15(3,4)21-16(20-14)12-5-6-17-13(11-12)18-7-9-19-10-8-18/h1-17,22-24H,18-21H2;1-17H;5-6,11H,7-10H2,1-4H3. The summed E-state index contributed by atoms with van der Waals surface area (Å²) in [6.45, 7) is 14.4. The van der Waals surface area contributed by atoms with Crippen LogP contribution in [-0.4, -0.2) is 100 Å². The summed E-state index contributed by atoms with van der Waals surface area (Å²) in [4.78, 5) is 13.6. The Hall–Kier alpha value is -7.95. The second-order valence-electron chi connectivity index (χ2n) is 24.3. The van der Waals surface area contributed by atoms with E-state index in [1.54, 1.807) is 6.20 Å². The van der Waals surface area contributed by atoms with Crippen LogP contribution in [0, 0.1) is 15.3 Å². The molecule has 3 fully saturated rings. The van der Waals surface area contributed by atoms with Crippen molar-refractivity contribution < 1.29 is 27.6 Å². The van der Waals surface area contributed by atoms with E-state index in [0.717, 1.165) is 105 Å². The van der Waals surface area contributed by atoms with Gasteiger partial charge >= 0.3 is 7.12 Å². The Balaban J connectivity index is 0.000000136. The molecule has 94 heavy (non-hydrogen) atoms. The van der Waals surface area contributed by atoms with Gasteiger partial charge in [-0.2, -0.15) is 10.2 Å². The zero-order chi connectivity index (χ0) is 65.0. The van der Waals surface area contributed by atoms with Crippen molar-refractivity contribution in [1.29, 1.82) is 0 Å². The van der Waals surface area contributed by atoms with E-state index < -0.39 is 11.1 Å². The first kappa shape index (κ1) is 64.7. The van der Waals surface area contributed by atoms with E-state index in [-0.39, 0.29) is 30.0 Å². The average Bonchev–Trinajstić information content (AvgIpc) is 1.39. The molecule has 0 aliphatic carbocycles. The Labute approximate surface area is 577 Å². The van der Waals surface area contributed by atoms with Crippen molar-refractivity contribution in [3.63, 3.8) is 0 Å². The van der Waals surface area contributed by atoms with Crippen LogP contribution in [0.1, 0.15) is 61.1 Å². The van der Waals surface area contributed by atoms with Crippen molar-refractivity contribution in [2.75, 3.05) is 62.4 Å². The van der Waals surface area contributed by atoms with Crippen molar-refractivity contribution in [1.82, 2.24) is 29.5 Å². The van der Waals surface area contributed by atoms with E-state index in [0.29, 0.717) is 44.3 Å². The Morgan fingerprint density at radius 2 is 0.798 bits per heavy atom. The lowest BCUT2D eigenvalue weighted by Crippen LogP contribution is -2.41. The minimum absolute atomic E-state index is 0.313. The number of morpholine rings is 2. The third kappa shape index (κ3) is 12.5. The summed E-state index contributed by atoms with van der Waals surface area (Å²) in [5.41, 5.74) is 6.99. The van der Waals surface area contributed by atoms with E-state index in [4.69, 9.17) is 29.0 Å². The predicted octanol–water partition coefficient (Wildman–Crippen LogP) is 16.3. The Morgan fingerprint density at radius 3 is 1.20 bits per heavy atom. The van der Waals surface area contributed by atoms with Crippen molar-refractivity contribution in [2.45, 2.75) is 50.0 Å². The van der Waals surface area contributed by atoms with Crippen LogP contribution in [0.3, 0.4) is 0 Å². The van der Waals surface area contributed by atoms with Crippen molar-refractivity contribution in [2.24, 2.45) is 0 Å². The largest absolute Gasteiger partial charge is 0.495 e. The van der Waals surface area contributed by atoms with Crippen LogP contribution in [0.25, 0.3) is 33.1 Å². The van der Waals surface area contributed by atoms with Gasteiger partial charge in [0.15, 0.2) is 0 Å². The van der Waals surface area contributed by atoms with Gasteiger partial charge in [-0.15, -0.1) is 0 Å². The van der Waals surface area contributed by atoms with Gasteiger partial charge < -0.3 is 28.6 Å².